The molecule has 0 N–H and O–H groups in total. The van der Waals surface area contributed by atoms with Crippen LogP contribution in [0.4, 0.5) is 0 Å². The number of methoxy groups -OCH3 is 2. The van der Waals surface area contributed by atoms with Crippen LogP contribution < -0.4 is 9.47 Å². The Balaban J connectivity index is 1.92. The average Bonchev–Trinajstić information content (AvgIpc) is 3.00. The van der Waals surface area contributed by atoms with Crippen molar-refractivity contribution in [3.8, 4) is 22.6 Å². The minimum absolute atomic E-state index is 0.200. The zero-order valence-corrected chi connectivity index (χ0v) is 12.1. The number of ether oxygens (including phenoxy) is 3. The third kappa shape index (κ3) is 2.76. The van der Waals surface area contributed by atoms with Crippen molar-refractivity contribution in [3.63, 3.8) is 0 Å². The van der Waals surface area contributed by atoms with Crippen LogP contribution in [0.25, 0.3) is 11.1 Å². The fourth-order valence-corrected chi connectivity index (χ4v) is 2.38. The van der Waals surface area contributed by atoms with Gasteiger partial charge in [-0.2, -0.15) is 0 Å². The van der Waals surface area contributed by atoms with Gasteiger partial charge in [-0.3, -0.25) is 4.99 Å². The van der Waals surface area contributed by atoms with Crippen LogP contribution in [0.3, 0.4) is 0 Å². The van der Waals surface area contributed by atoms with E-state index in [0.29, 0.717) is 11.5 Å². The van der Waals surface area contributed by atoms with Gasteiger partial charge >= 0.3 is 0 Å². The van der Waals surface area contributed by atoms with Crippen molar-refractivity contribution < 1.29 is 14.2 Å². The van der Waals surface area contributed by atoms with Crippen molar-refractivity contribution in [2.75, 3.05) is 21.0 Å². The summed E-state index contributed by atoms with van der Waals surface area (Å²) in [7, 11) is 3.22. The van der Waals surface area contributed by atoms with Gasteiger partial charge in [0, 0.05) is 13.3 Å². The quantitative estimate of drug-likeness (QED) is 0.791. The van der Waals surface area contributed by atoms with E-state index >= 15 is 0 Å². The Labute approximate surface area is 124 Å². The van der Waals surface area contributed by atoms with Crippen molar-refractivity contribution in [2.24, 2.45) is 4.99 Å². The molecule has 2 aromatic carbocycles. The van der Waals surface area contributed by atoms with Crippen LogP contribution in [-0.4, -0.2) is 27.2 Å². The number of benzene rings is 2. The second kappa shape index (κ2) is 5.97. The smallest absolute Gasteiger partial charge is 0.188 e. The fourth-order valence-electron chi connectivity index (χ4n) is 2.38. The van der Waals surface area contributed by atoms with Gasteiger partial charge < -0.3 is 14.2 Å². The van der Waals surface area contributed by atoms with Crippen LogP contribution in [-0.2, 0) is 11.3 Å². The van der Waals surface area contributed by atoms with Crippen LogP contribution in [0.2, 0.25) is 0 Å². The van der Waals surface area contributed by atoms with Gasteiger partial charge in [0.15, 0.2) is 18.3 Å². The summed E-state index contributed by atoms with van der Waals surface area (Å²) in [6.07, 6.45) is 1.92. The summed E-state index contributed by atoms with van der Waals surface area (Å²) in [6, 6.07) is 12.3. The molecule has 108 valence electrons. The Morgan fingerprint density at radius 3 is 2.62 bits per heavy atom. The topological polar surface area (TPSA) is 40.0 Å². The van der Waals surface area contributed by atoms with Gasteiger partial charge in [-0.15, -0.1) is 0 Å². The summed E-state index contributed by atoms with van der Waals surface area (Å²) in [6.45, 7) is 0.960. The van der Waals surface area contributed by atoms with Crippen molar-refractivity contribution in [1.29, 1.82) is 0 Å². The average molecular weight is 283 g/mol. The first-order valence-electron chi connectivity index (χ1n) is 6.74. The SMILES string of the molecule is COCOc1ccc(-c2ccc3c(c2)CN=C3)cc1OC. The lowest BCUT2D eigenvalue weighted by Gasteiger charge is -2.12. The van der Waals surface area contributed by atoms with Crippen LogP contribution in [0.5, 0.6) is 11.5 Å². The van der Waals surface area contributed by atoms with Gasteiger partial charge in [0.25, 0.3) is 0 Å². The van der Waals surface area contributed by atoms with E-state index in [4.69, 9.17) is 14.2 Å². The fraction of sp³-hybridized carbons (Fsp3) is 0.235. The van der Waals surface area contributed by atoms with Crippen LogP contribution in [0.15, 0.2) is 41.4 Å². The largest absolute Gasteiger partial charge is 0.493 e. The van der Waals surface area contributed by atoms with E-state index < -0.39 is 0 Å². The Morgan fingerprint density at radius 2 is 1.81 bits per heavy atom. The molecule has 0 aliphatic carbocycles. The molecule has 0 fully saturated rings. The predicted octanol–water partition coefficient (Wildman–Crippen LogP) is 3.28. The lowest BCUT2D eigenvalue weighted by atomic mass is 10.00. The molecule has 21 heavy (non-hydrogen) atoms. The summed E-state index contributed by atoms with van der Waals surface area (Å²) in [4.78, 5) is 4.28. The molecule has 2 aromatic rings. The molecule has 0 atom stereocenters. The van der Waals surface area contributed by atoms with Crippen LogP contribution in [0.1, 0.15) is 11.1 Å². The molecule has 1 aliphatic rings. The molecule has 0 aromatic heterocycles. The number of hydrogen-bond acceptors (Lipinski definition) is 4. The third-order valence-corrected chi connectivity index (χ3v) is 3.46. The summed E-state index contributed by atoms with van der Waals surface area (Å²) in [5.41, 5.74) is 4.69. The zero-order valence-electron chi connectivity index (χ0n) is 12.1. The summed E-state index contributed by atoms with van der Waals surface area (Å²) < 4.78 is 15.8. The molecule has 4 nitrogen and oxygen atoms in total. The molecular weight excluding hydrogens is 266 g/mol. The van der Waals surface area contributed by atoms with E-state index in [9.17, 15) is 0 Å². The standard InChI is InChI=1S/C17H17NO3/c1-19-11-21-16-6-5-13(8-17(16)20-2)12-3-4-14-9-18-10-15(14)7-12/h3-9H,10-11H2,1-2H3. The number of nitrogens with zero attached hydrogens (tertiary/aromatic N) is 1. The summed E-state index contributed by atoms with van der Waals surface area (Å²) in [5.74, 6) is 1.37. The van der Waals surface area contributed by atoms with Gasteiger partial charge in [0.2, 0.25) is 0 Å². The van der Waals surface area contributed by atoms with E-state index in [1.54, 1.807) is 14.2 Å². The van der Waals surface area contributed by atoms with Gasteiger partial charge in [0.05, 0.1) is 13.7 Å². The first kappa shape index (κ1) is 13.6. The Kier molecular flexibility index (Phi) is 3.88. The van der Waals surface area contributed by atoms with E-state index in [-0.39, 0.29) is 6.79 Å². The molecule has 0 unspecified atom stereocenters. The van der Waals surface area contributed by atoms with Gasteiger partial charge in [-0.1, -0.05) is 18.2 Å². The number of rotatable bonds is 5. The minimum atomic E-state index is 0.200. The maximum Gasteiger partial charge on any atom is 0.188 e. The molecule has 0 spiro atoms. The lowest BCUT2D eigenvalue weighted by molar-refractivity contribution is 0.0492. The van der Waals surface area contributed by atoms with Crippen LogP contribution in [0, 0.1) is 0 Å². The normalized spacial score (nSPS) is 12.3. The highest BCUT2D eigenvalue weighted by atomic mass is 16.7. The summed E-state index contributed by atoms with van der Waals surface area (Å²) >= 11 is 0. The molecule has 4 heteroatoms. The number of aliphatic imine (C=N–C) groups is 1. The minimum Gasteiger partial charge on any atom is -0.493 e. The highest BCUT2D eigenvalue weighted by Crippen LogP contribution is 2.33. The van der Waals surface area contributed by atoms with Crippen molar-refractivity contribution in [1.82, 2.24) is 0 Å². The van der Waals surface area contributed by atoms with Gasteiger partial charge in [-0.05, 0) is 40.5 Å². The maximum absolute atomic E-state index is 5.47. The van der Waals surface area contributed by atoms with E-state index in [2.05, 4.69) is 23.2 Å². The highest BCUT2D eigenvalue weighted by Gasteiger charge is 2.10. The monoisotopic (exact) mass is 283 g/mol. The van der Waals surface area contributed by atoms with Crippen LogP contribution >= 0.6 is 0 Å². The molecule has 3 rings (SSSR count). The highest BCUT2D eigenvalue weighted by molar-refractivity contribution is 5.86. The van der Waals surface area contributed by atoms with Crippen molar-refractivity contribution >= 4 is 6.21 Å². The second-order valence-electron chi connectivity index (χ2n) is 4.80. The molecule has 1 aliphatic heterocycles. The van der Waals surface area contributed by atoms with E-state index in [0.717, 1.165) is 17.7 Å². The summed E-state index contributed by atoms with van der Waals surface area (Å²) in [5, 5.41) is 0. The van der Waals surface area contributed by atoms with Gasteiger partial charge in [0.1, 0.15) is 0 Å². The molecule has 0 amide bonds. The van der Waals surface area contributed by atoms with E-state index in [1.165, 1.54) is 11.1 Å². The second-order valence-corrected chi connectivity index (χ2v) is 4.80. The third-order valence-electron chi connectivity index (χ3n) is 3.46. The molecule has 0 bridgehead atoms. The molecule has 0 saturated heterocycles. The first-order valence-corrected chi connectivity index (χ1v) is 6.74. The van der Waals surface area contributed by atoms with Crippen molar-refractivity contribution in [3.05, 3.63) is 47.5 Å². The Hall–Kier alpha value is -2.33. The van der Waals surface area contributed by atoms with Crippen molar-refractivity contribution in [2.45, 2.75) is 6.54 Å². The predicted molar refractivity (Wildman–Crippen MR) is 82.2 cm³/mol. The Bertz CT molecular complexity index is 680. The maximum atomic E-state index is 5.47. The molecule has 0 saturated carbocycles. The molecule has 0 radical (unpaired) electrons. The molecular formula is C17H17NO3. The number of fused-ring (bicyclic) bond motifs is 1. The zero-order chi connectivity index (χ0) is 14.7. The number of hydrogen-bond donors (Lipinski definition) is 0. The molecule has 1 heterocycles. The Morgan fingerprint density at radius 1 is 1.00 bits per heavy atom. The lowest BCUT2D eigenvalue weighted by Crippen LogP contribution is -2.00. The van der Waals surface area contributed by atoms with Gasteiger partial charge in [-0.25, -0.2) is 0 Å². The first-order chi connectivity index (χ1) is 10.3. The van der Waals surface area contributed by atoms with E-state index in [1.807, 2.05) is 24.4 Å².